The third-order valence-corrected chi connectivity index (χ3v) is 7.59. The monoisotopic (exact) mass is 364 g/mol. The summed E-state index contributed by atoms with van der Waals surface area (Å²) in [6.45, 7) is 0. The molecule has 2 unspecified atom stereocenters. The fourth-order valence-corrected chi connectivity index (χ4v) is 6.00. The molecule has 2 aliphatic carbocycles. The lowest BCUT2D eigenvalue weighted by Crippen LogP contribution is -2.55. The van der Waals surface area contributed by atoms with Gasteiger partial charge in [0.2, 0.25) is 10.0 Å². The van der Waals surface area contributed by atoms with Crippen LogP contribution in [0, 0.1) is 11.8 Å². The highest BCUT2D eigenvalue weighted by Gasteiger charge is 2.36. The van der Waals surface area contributed by atoms with E-state index >= 15 is 0 Å². The minimum absolute atomic E-state index is 0.0816. The van der Waals surface area contributed by atoms with E-state index in [1.54, 1.807) is 24.3 Å². The molecule has 2 atom stereocenters. The Kier molecular flexibility index (Phi) is 6.53. The van der Waals surface area contributed by atoms with Crippen molar-refractivity contribution in [3.63, 3.8) is 0 Å². The van der Waals surface area contributed by atoms with Crippen LogP contribution in [0.1, 0.15) is 64.2 Å². The molecule has 25 heavy (non-hydrogen) atoms. The van der Waals surface area contributed by atoms with Crippen LogP contribution in [0.25, 0.3) is 0 Å². The van der Waals surface area contributed by atoms with Gasteiger partial charge in [0.15, 0.2) is 0 Å². The number of benzene rings is 1. The van der Waals surface area contributed by atoms with Crippen LogP contribution in [-0.4, -0.2) is 20.5 Å². The summed E-state index contributed by atoms with van der Waals surface area (Å²) in [7, 11) is -3.52. The van der Waals surface area contributed by atoms with E-state index in [-0.39, 0.29) is 12.1 Å². The minimum atomic E-state index is -3.52. The second-order valence-corrected chi connectivity index (χ2v) is 9.55. The molecule has 3 N–H and O–H groups in total. The topological polar surface area (TPSA) is 72.2 Å². The highest BCUT2D eigenvalue weighted by Crippen LogP contribution is 2.34. The van der Waals surface area contributed by atoms with Gasteiger partial charge in [-0.05, 0) is 49.7 Å². The first-order chi connectivity index (χ1) is 12.1. The Morgan fingerprint density at radius 1 is 0.840 bits per heavy atom. The molecule has 0 bridgehead atoms. The van der Waals surface area contributed by atoms with Crippen molar-refractivity contribution in [2.45, 2.75) is 81.2 Å². The summed E-state index contributed by atoms with van der Waals surface area (Å²) in [5.41, 5.74) is 6.68. The first-order valence-electron chi connectivity index (χ1n) is 9.91. The second kappa shape index (κ2) is 8.65. The zero-order valence-electron chi connectivity index (χ0n) is 15.1. The fourth-order valence-electron chi connectivity index (χ4n) is 4.64. The van der Waals surface area contributed by atoms with E-state index in [1.807, 2.05) is 6.07 Å². The predicted octanol–water partition coefficient (Wildman–Crippen LogP) is 3.82. The van der Waals surface area contributed by atoms with E-state index < -0.39 is 10.0 Å². The fraction of sp³-hybridized carbons (Fsp3) is 0.700. The second-order valence-electron chi connectivity index (χ2n) is 7.83. The maximum Gasteiger partial charge on any atom is 0.240 e. The summed E-state index contributed by atoms with van der Waals surface area (Å²) in [6, 6.07) is 8.47. The number of sulfonamides is 1. The van der Waals surface area contributed by atoms with Crippen molar-refractivity contribution >= 4 is 10.0 Å². The molecule has 3 rings (SSSR count). The van der Waals surface area contributed by atoms with Gasteiger partial charge < -0.3 is 5.73 Å². The van der Waals surface area contributed by atoms with Crippen LogP contribution in [0.15, 0.2) is 35.2 Å². The van der Waals surface area contributed by atoms with Crippen molar-refractivity contribution in [3.05, 3.63) is 30.3 Å². The molecule has 0 heterocycles. The van der Waals surface area contributed by atoms with Crippen LogP contribution in [0.5, 0.6) is 0 Å². The van der Waals surface area contributed by atoms with Crippen molar-refractivity contribution in [2.75, 3.05) is 0 Å². The Bertz CT molecular complexity index is 620. The van der Waals surface area contributed by atoms with E-state index in [2.05, 4.69) is 4.72 Å². The van der Waals surface area contributed by atoms with E-state index in [4.69, 9.17) is 5.73 Å². The summed E-state index contributed by atoms with van der Waals surface area (Å²) in [5, 5.41) is 0. The Labute approximate surface area is 152 Å². The quantitative estimate of drug-likeness (QED) is 0.806. The molecule has 0 radical (unpaired) electrons. The lowest BCUT2D eigenvalue weighted by atomic mass is 9.75. The van der Waals surface area contributed by atoms with Crippen LogP contribution in [0.2, 0.25) is 0 Å². The Morgan fingerprint density at radius 3 is 1.92 bits per heavy atom. The zero-order valence-corrected chi connectivity index (χ0v) is 15.9. The van der Waals surface area contributed by atoms with Gasteiger partial charge in [0.25, 0.3) is 0 Å². The van der Waals surface area contributed by atoms with E-state index in [9.17, 15) is 8.42 Å². The largest absolute Gasteiger partial charge is 0.326 e. The molecular formula is C20H32N2O2S. The molecule has 2 fully saturated rings. The van der Waals surface area contributed by atoms with Gasteiger partial charge in [0.05, 0.1) is 4.90 Å². The van der Waals surface area contributed by atoms with E-state index in [0.29, 0.717) is 16.7 Å². The van der Waals surface area contributed by atoms with Crippen LogP contribution >= 0.6 is 0 Å². The van der Waals surface area contributed by atoms with Gasteiger partial charge in [-0.1, -0.05) is 56.7 Å². The first kappa shape index (κ1) is 18.9. The lowest BCUT2D eigenvalue weighted by molar-refractivity contribution is 0.199. The van der Waals surface area contributed by atoms with Crippen molar-refractivity contribution in [3.8, 4) is 0 Å². The number of hydrogen-bond acceptors (Lipinski definition) is 3. The van der Waals surface area contributed by atoms with Gasteiger partial charge in [-0.25, -0.2) is 13.1 Å². The molecule has 1 aromatic carbocycles. The number of nitrogens with two attached hydrogens (primary N) is 1. The van der Waals surface area contributed by atoms with Crippen LogP contribution in [0.3, 0.4) is 0 Å². The molecule has 0 spiro atoms. The first-order valence-corrected chi connectivity index (χ1v) is 11.4. The molecule has 2 saturated carbocycles. The standard InChI is InChI=1S/C20H32N2O2S/c21-19(16-10-4-1-5-11-16)20(17-12-6-2-7-13-17)22-25(23,24)18-14-8-3-9-15-18/h3,8-9,14-17,19-20,22H,1-2,4-7,10-13,21H2. The lowest BCUT2D eigenvalue weighted by Gasteiger charge is -2.39. The molecule has 2 aliphatic rings. The normalized spacial score (nSPS) is 23.2. The van der Waals surface area contributed by atoms with Crippen LogP contribution in [-0.2, 0) is 10.0 Å². The van der Waals surface area contributed by atoms with Gasteiger partial charge in [0, 0.05) is 12.1 Å². The van der Waals surface area contributed by atoms with Gasteiger partial charge in [0.1, 0.15) is 0 Å². The SMILES string of the molecule is NC(C1CCCCC1)C(NS(=O)(=O)c1ccccc1)C1CCCCC1. The highest BCUT2D eigenvalue weighted by atomic mass is 32.2. The summed E-state index contributed by atoms with van der Waals surface area (Å²) < 4.78 is 28.8. The van der Waals surface area contributed by atoms with Crippen LogP contribution < -0.4 is 10.5 Å². The molecule has 5 heteroatoms. The molecule has 4 nitrogen and oxygen atoms in total. The Morgan fingerprint density at radius 2 is 1.36 bits per heavy atom. The van der Waals surface area contributed by atoms with E-state index in [0.717, 1.165) is 25.7 Å². The van der Waals surface area contributed by atoms with Gasteiger partial charge in [-0.15, -0.1) is 0 Å². The molecular weight excluding hydrogens is 332 g/mol. The molecule has 0 saturated heterocycles. The average molecular weight is 365 g/mol. The van der Waals surface area contributed by atoms with Gasteiger partial charge in [-0.2, -0.15) is 0 Å². The third kappa shape index (κ3) is 4.83. The number of nitrogens with one attached hydrogen (secondary N) is 1. The third-order valence-electron chi connectivity index (χ3n) is 6.11. The zero-order chi connectivity index (χ0) is 17.7. The molecule has 0 aliphatic heterocycles. The summed E-state index contributed by atoms with van der Waals surface area (Å²) in [6.07, 6.45) is 11.8. The van der Waals surface area contributed by atoms with Crippen LogP contribution in [0.4, 0.5) is 0 Å². The summed E-state index contributed by atoms with van der Waals surface area (Å²) in [4.78, 5) is 0.339. The van der Waals surface area contributed by atoms with Gasteiger partial charge >= 0.3 is 0 Å². The van der Waals surface area contributed by atoms with Crippen molar-refractivity contribution < 1.29 is 8.42 Å². The smallest absolute Gasteiger partial charge is 0.240 e. The number of hydrogen-bond donors (Lipinski definition) is 2. The maximum absolute atomic E-state index is 12.9. The summed E-state index contributed by atoms with van der Waals surface area (Å²) in [5.74, 6) is 0.809. The predicted molar refractivity (Wildman–Crippen MR) is 102 cm³/mol. The highest BCUT2D eigenvalue weighted by molar-refractivity contribution is 7.89. The average Bonchev–Trinajstić information content (AvgIpc) is 2.68. The maximum atomic E-state index is 12.9. The minimum Gasteiger partial charge on any atom is -0.326 e. The molecule has 140 valence electrons. The number of rotatable bonds is 6. The Balaban J connectivity index is 1.80. The van der Waals surface area contributed by atoms with E-state index in [1.165, 1.54) is 38.5 Å². The van der Waals surface area contributed by atoms with Gasteiger partial charge in [-0.3, -0.25) is 0 Å². The molecule has 1 aromatic rings. The molecule has 0 aromatic heterocycles. The summed E-state index contributed by atoms with van der Waals surface area (Å²) >= 11 is 0. The molecule has 0 amide bonds. The van der Waals surface area contributed by atoms with Crippen molar-refractivity contribution in [1.82, 2.24) is 4.72 Å². The van der Waals surface area contributed by atoms with Crippen molar-refractivity contribution in [2.24, 2.45) is 17.6 Å². The van der Waals surface area contributed by atoms with Crippen molar-refractivity contribution in [1.29, 1.82) is 0 Å². The Hall–Kier alpha value is -0.910.